The molecule has 1 aliphatic heterocycles. The third-order valence-corrected chi connectivity index (χ3v) is 11.0. The molecule has 246 valence electrons. The van der Waals surface area contributed by atoms with Crippen LogP contribution in [0.15, 0.2) is 142 Å². The first-order chi connectivity index (χ1) is 24.4. The van der Waals surface area contributed by atoms with Crippen LogP contribution in [0.2, 0.25) is 0 Å². The molecule has 0 saturated carbocycles. The molecule has 2 aromatic heterocycles. The molecule has 6 aromatic carbocycles. The van der Waals surface area contributed by atoms with Gasteiger partial charge in [-0.3, -0.25) is 0 Å². The first kappa shape index (κ1) is 31.1. The maximum absolute atomic E-state index is 6.19. The fourth-order valence-corrected chi connectivity index (χ4v) is 8.71. The molecule has 0 spiro atoms. The number of anilines is 2. The molecular formula is C41H34B2N4O2Pt. The summed E-state index contributed by atoms with van der Waals surface area (Å²) in [5, 5.41) is 4.59. The number of nitrogens with zero attached hydrogens (tertiary/aromatic N) is 4. The molecule has 0 unspecified atom stereocenters. The number of hydrogen-bond donors (Lipinski definition) is 0. The number of fused-ring (bicyclic) bond motifs is 6. The van der Waals surface area contributed by atoms with Crippen LogP contribution < -0.4 is 9.62 Å². The SMILES string of the molecule is CN(C)B1B(N(C)C)N(c2ccc(-c3ccc4c(c3)oc3ccccc34)cc2)[C](=[Pt])N1c1ccc(-c2ccc3c(c2)oc2ccccc23)cc1. The normalized spacial score (nSPS) is 13.9. The molecule has 6 nitrogen and oxygen atoms in total. The van der Waals surface area contributed by atoms with Crippen molar-refractivity contribution in [2.75, 3.05) is 37.8 Å². The molecule has 0 N–H and O–H groups in total. The van der Waals surface area contributed by atoms with Crippen LogP contribution in [0.5, 0.6) is 0 Å². The van der Waals surface area contributed by atoms with Crippen molar-refractivity contribution in [1.29, 1.82) is 0 Å². The Balaban J connectivity index is 1.03. The van der Waals surface area contributed by atoms with Gasteiger partial charge in [-0.15, -0.1) is 0 Å². The molecule has 1 saturated heterocycles. The molecule has 50 heavy (non-hydrogen) atoms. The second kappa shape index (κ2) is 12.2. The number of furan rings is 2. The van der Waals surface area contributed by atoms with Crippen molar-refractivity contribution in [3.05, 3.63) is 133 Å². The van der Waals surface area contributed by atoms with Crippen LogP contribution in [0.4, 0.5) is 11.4 Å². The van der Waals surface area contributed by atoms with E-state index in [9.17, 15) is 0 Å². The van der Waals surface area contributed by atoms with Crippen molar-refractivity contribution in [3.8, 4) is 22.3 Å². The molecule has 0 aliphatic carbocycles. The molecule has 0 amide bonds. The summed E-state index contributed by atoms with van der Waals surface area (Å²) in [6.45, 7) is 0.149. The van der Waals surface area contributed by atoms with E-state index in [0.29, 0.717) is 0 Å². The number of hydrogen-bond acceptors (Lipinski definition) is 6. The second-order valence-electron chi connectivity index (χ2n) is 13.4. The predicted octanol–water partition coefficient (Wildman–Crippen LogP) is 8.96. The molecule has 0 radical (unpaired) electrons. The molecule has 9 heteroatoms. The molecular weight excluding hydrogens is 797 g/mol. The van der Waals surface area contributed by atoms with Crippen LogP contribution in [0.3, 0.4) is 0 Å². The average Bonchev–Trinajstić information content (AvgIpc) is 3.80. The molecule has 9 rings (SSSR count). The zero-order valence-corrected chi connectivity index (χ0v) is 30.6. The molecule has 3 heterocycles. The number of para-hydroxylation sites is 2. The Kier molecular flexibility index (Phi) is 7.58. The standard InChI is InChI=1S/C41H34B2N4O2.Pt/c1-44(2)42-43(45(3)4)47(33-21-15-29(16-22-33)31-18-24-37-35-10-6-8-12-39(35)49-41(37)26-31)27-46(42)32-19-13-28(14-20-32)30-17-23-36-34-9-5-7-11-38(34)48-40(36)25-30;/h5-26H,1-4H3;. The van der Waals surface area contributed by atoms with Gasteiger partial charge in [0.1, 0.15) is 0 Å². The quantitative estimate of drug-likeness (QED) is 0.156. The van der Waals surface area contributed by atoms with Crippen LogP contribution in [-0.2, 0) is 19.4 Å². The van der Waals surface area contributed by atoms with Gasteiger partial charge >= 0.3 is 280 Å². The van der Waals surface area contributed by atoms with Crippen LogP contribution >= 0.6 is 0 Å². The van der Waals surface area contributed by atoms with Gasteiger partial charge in [0.15, 0.2) is 0 Å². The summed E-state index contributed by atoms with van der Waals surface area (Å²) in [6, 6.07) is 47.3. The van der Waals surface area contributed by atoms with E-state index in [-0.39, 0.29) is 13.7 Å². The Morgan fingerprint density at radius 2 is 0.800 bits per heavy atom. The van der Waals surface area contributed by atoms with E-state index < -0.39 is 0 Å². The third-order valence-electron chi connectivity index (χ3n) is 9.94. The number of benzene rings is 6. The molecule has 1 fully saturated rings. The second-order valence-corrected chi connectivity index (χ2v) is 14.5. The summed E-state index contributed by atoms with van der Waals surface area (Å²) in [5.74, 6) is 0. The van der Waals surface area contributed by atoms with E-state index in [1.807, 2.05) is 24.3 Å². The first-order valence-corrected chi connectivity index (χ1v) is 17.9. The van der Waals surface area contributed by atoms with Gasteiger partial charge in [-0.25, -0.2) is 0 Å². The third kappa shape index (κ3) is 5.05. The van der Waals surface area contributed by atoms with Gasteiger partial charge in [-0.05, 0) is 0 Å². The van der Waals surface area contributed by atoms with Crippen LogP contribution in [0, 0.1) is 0 Å². The fourth-order valence-electron chi connectivity index (χ4n) is 7.52. The predicted molar refractivity (Wildman–Crippen MR) is 207 cm³/mol. The van der Waals surface area contributed by atoms with Crippen LogP contribution in [0.25, 0.3) is 66.1 Å². The zero-order chi connectivity index (χ0) is 34.1. The van der Waals surface area contributed by atoms with Crippen molar-refractivity contribution >= 4 is 73.1 Å². The minimum absolute atomic E-state index is 0.0745. The van der Waals surface area contributed by atoms with Crippen molar-refractivity contribution < 1.29 is 28.2 Å². The molecule has 8 aromatic rings. The zero-order valence-electron chi connectivity index (χ0n) is 28.3. The van der Waals surface area contributed by atoms with Crippen molar-refractivity contribution in [2.24, 2.45) is 0 Å². The maximum atomic E-state index is 6.19. The molecule has 1 aliphatic rings. The summed E-state index contributed by atoms with van der Waals surface area (Å²) in [6.07, 6.45) is 0. The first-order valence-electron chi connectivity index (χ1n) is 16.8. The van der Waals surface area contributed by atoms with Crippen molar-refractivity contribution in [1.82, 2.24) is 9.62 Å². The Morgan fingerprint density at radius 3 is 1.20 bits per heavy atom. The Bertz CT molecular complexity index is 2380. The van der Waals surface area contributed by atoms with E-state index in [0.717, 1.165) is 81.7 Å². The van der Waals surface area contributed by atoms with Gasteiger partial charge in [0.25, 0.3) is 0 Å². The van der Waals surface area contributed by atoms with Gasteiger partial charge < -0.3 is 0 Å². The van der Waals surface area contributed by atoms with Crippen molar-refractivity contribution in [3.63, 3.8) is 0 Å². The summed E-state index contributed by atoms with van der Waals surface area (Å²) in [5.41, 5.74) is 10.5. The van der Waals surface area contributed by atoms with Gasteiger partial charge in [0, 0.05) is 0 Å². The van der Waals surface area contributed by atoms with Gasteiger partial charge in [-0.1, -0.05) is 24.3 Å². The monoisotopic (exact) mass is 831 g/mol. The molecule has 0 atom stereocenters. The Hall–Kier alpha value is -4.87. The van der Waals surface area contributed by atoms with E-state index in [1.54, 1.807) is 0 Å². The summed E-state index contributed by atoms with van der Waals surface area (Å²) in [7, 11) is 8.65. The van der Waals surface area contributed by atoms with E-state index in [2.05, 4.69) is 176 Å². The Labute approximate surface area is 303 Å². The summed E-state index contributed by atoms with van der Waals surface area (Å²) >= 11 is 2.50. The number of rotatable bonds is 6. The van der Waals surface area contributed by atoms with E-state index in [1.165, 1.54) is 0 Å². The molecule has 0 bridgehead atoms. The van der Waals surface area contributed by atoms with Gasteiger partial charge in [0.05, 0.1) is 0 Å². The van der Waals surface area contributed by atoms with Gasteiger partial charge in [0.2, 0.25) is 0 Å². The van der Waals surface area contributed by atoms with Crippen LogP contribution in [-0.4, -0.2) is 55.7 Å². The summed E-state index contributed by atoms with van der Waals surface area (Å²) in [4.78, 5) is 9.51. The van der Waals surface area contributed by atoms with E-state index in [4.69, 9.17) is 8.83 Å². The van der Waals surface area contributed by atoms with Crippen molar-refractivity contribution in [2.45, 2.75) is 0 Å². The average molecular weight is 831 g/mol. The fraction of sp³-hybridized carbons (Fsp3) is 0.0976. The van der Waals surface area contributed by atoms with E-state index >= 15 is 0 Å². The minimum atomic E-state index is 0.0745. The van der Waals surface area contributed by atoms with Gasteiger partial charge in [-0.2, -0.15) is 0 Å². The topological polar surface area (TPSA) is 39.2 Å². The van der Waals surface area contributed by atoms with Crippen LogP contribution in [0.1, 0.15) is 0 Å². The summed E-state index contributed by atoms with van der Waals surface area (Å²) < 4.78 is 13.5. The Morgan fingerprint density at radius 1 is 0.440 bits per heavy atom.